The van der Waals surface area contributed by atoms with Crippen LogP contribution in [0.2, 0.25) is 0 Å². The van der Waals surface area contributed by atoms with Crippen LogP contribution in [0.4, 0.5) is 4.79 Å². The molecule has 0 atom stereocenters. The fourth-order valence-corrected chi connectivity index (χ4v) is 1.60. The number of nitrogens with zero attached hydrogens (tertiary/aromatic N) is 2. The third-order valence-electron chi connectivity index (χ3n) is 2.67. The highest BCUT2D eigenvalue weighted by Gasteiger charge is 2.43. The second-order valence-corrected chi connectivity index (χ2v) is 4.29. The standard InChI is InChI=1S/C10H18N2O4/c1-4-11(3)9(15)12-6-10(2,7-12)16-5-8(13)14/h4-7H2,1-3H3,(H,13,14). The Hall–Kier alpha value is -1.30. The van der Waals surface area contributed by atoms with Crippen LogP contribution in [0.25, 0.3) is 0 Å². The molecule has 6 heteroatoms. The van der Waals surface area contributed by atoms with Crippen LogP contribution in [0.5, 0.6) is 0 Å². The van der Waals surface area contributed by atoms with Crippen molar-refractivity contribution >= 4 is 12.0 Å². The molecule has 0 spiro atoms. The largest absolute Gasteiger partial charge is 0.480 e. The van der Waals surface area contributed by atoms with Crippen LogP contribution in [0.15, 0.2) is 0 Å². The van der Waals surface area contributed by atoms with E-state index >= 15 is 0 Å². The number of aliphatic carboxylic acids is 1. The van der Waals surface area contributed by atoms with Gasteiger partial charge in [0.25, 0.3) is 0 Å². The van der Waals surface area contributed by atoms with Crippen molar-refractivity contribution in [3.05, 3.63) is 0 Å². The second-order valence-electron chi connectivity index (χ2n) is 4.29. The smallest absolute Gasteiger partial charge is 0.329 e. The molecular weight excluding hydrogens is 212 g/mol. The van der Waals surface area contributed by atoms with E-state index in [0.29, 0.717) is 19.6 Å². The normalized spacial score (nSPS) is 17.8. The zero-order valence-corrected chi connectivity index (χ0v) is 9.89. The molecule has 0 radical (unpaired) electrons. The van der Waals surface area contributed by atoms with Gasteiger partial charge in [-0.05, 0) is 13.8 Å². The molecule has 2 amide bonds. The molecule has 0 aromatic rings. The number of hydrogen-bond acceptors (Lipinski definition) is 3. The van der Waals surface area contributed by atoms with E-state index in [0.717, 1.165) is 0 Å². The quantitative estimate of drug-likeness (QED) is 0.750. The summed E-state index contributed by atoms with van der Waals surface area (Å²) in [6.07, 6.45) is 0. The Morgan fingerprint density at radius 1 is 1.50 bits per heavy atom. The number of carbonyl (C=O) groups is 2. The van der Waals surface area contributed by atoms with Crippen molar-refractivity contribution < 1.29 is 19.4 Å². The van der Waals surface area contributed by atoms with E-state index in [1.54, 1.807) is 16.8 Å². The van der Waals surface area contributed by atoms with Crippen molar-refractivity contribution in [1.29, 1.82) is 0 Å². The molecule has 16 heavy (non-hydrogen) atoms. The van der Waals surface area contributed by atoms with Crippen LogP contribution in [0, 0.1) is 0 Å². The summed E-state index contributed by atoms with van der Waals surface area (Å²) >= 11 is 0. The highest BCUT2D eigenvalue weighted by molar-refractivity contribution is 5.75. The van der Waals surface area contributed by atoms with Crippen LogP contribution in [0.3, 0.4) is 0 Å². The zero-order chi connectivity index (χ0) is 12.3. The maximum absolute atomic E-state index is 11.7. The van der Waals surface area contributed by atoms with Crippen LogP contribution >= 0.6 is 0 Å². The fourth-order valence-electron chi connectivity index (χ4n) is 1.60. The van der Waals surface area contributed by atoms with E-state index < -0.39 is 11.6 Å². The van der Waals surface area contributed by atoms with Crippen LogP contribution in [-0.4, -0.2) is 65.8 Å². The Bertz CT molecular complexity index is 287. The van der Waals surface area contributed by atoms with Crippen LogP contribution < -0.4 is 0 Å². The summed E-state index contributed by atoms with van der Waals surface area (Å²) < 4.78 is 5.21. The van der Waals surface area contributed by atoms with Gasteiger partial charge < -0.3 is 19.6 Å². The van der Waals surface area contributed by atoms with E-state index in [4.69, 9.17) is 9.84 Å². The first-order valence-corrected chi connectivity index (χ1v) is 5.24. The van der Waals surface area contributed by atoms with Gasteiger partial charge in [-0.3, -0.25) is 0 Å². The summed E-state index contributed by atoms with van der Waals surface area (Å²) in [6, 6.07) is -0.0427. The molecule has 1 N–H and O–H groups in total. The van der Waals surface area contributed by atoms with Crippen LogP contribution in [0.1, 0.15) is 13.8 Å². The summed E-state index contributed by atoms with van der Waals surface area (Å²) in [6.45, 7) is 4.95. The number of carbonyl (C=O) groups excluding carboxylic acids is 1. The summed E-state index contributed by atoms with van der Waals surface area (Å²) in [7, 11) is 1.73. The van der Waals surface area contributed by atoms with Crippen molar-refractivity contribution in [3.63, 3.8) is 0 Å². The molecule has 1 saturated heterocycles. The van der Waals surface area contributed by atoms with E-state index in [1.807, 2.05) is 13.8 Å². The van der Waals surface area contributed by atoms with Crippen LogP contribution in [-0.2, 0) is 9.53 Å². The Morgan fingerprint density at radius 2 is 2.06 bits per heavy atom. The molecule has 0 aromatic heterocycles. The number of ether oxygens (including phenoxy) is 1. The second kappa shape index (κ2) is 4.69. The van der Waals surface area contributed by atoms with Gasteiger partial charge in [0.05, 0.1) is 13.1 Å². The minimum atomic E-state index is -0.989. The third-order valence-corrected chi connectivity index (χ3v) is 2.67. The van der Waals surface area contributed by atoms with Gasteiger partial charge in [0.1, 0.15) is 12.2 Å². The number of carboxylic acids is 1. The van der Waals surface area contributed by atoms with E-state index in [1.165, 1.54) is 0 Å². The molecule has 1 fully saturated rings. The predicted octanol–water partition coefficient (Wildman–Crippen LogP) is 0.234. The Labute approximate surface area is 94.8 Å². The van der Waals surface area contributed by atoms with Gasteiger partial charge in [0.2, 0.25) is 0 Å². The molecule has 1 aliphatic rings. The summed E-state index contributed by atoms with van der Waals surface area (Å²) in [5.41, 5.74) is -0.511. The lowest BCUT2D eigenvalue weighted by Gasteiger charge is -2.48. The molecule has 92 valence electrons. The van der Waals surface area contributed by atoms with Gasteiger partial charge in [-0.15, -0.1) is 0 Å². The van der Waals surface area contributed by atoms with Gasteiger partial charge in [-0.25, -0.2) is 9.59 Å². The summed E-state index contributed by atoms with van der Waals surface area (Å²) in [5, 5.41) is 8.48. The topological polar surface area (TPSA) is 70.1 Å². The van der Waals surface area contributed by atoms with Gasteiger partial charge in [0, 0.05) is 13.6 Å². The molecule has 1 heterocycles. The summed E-state index contributed by atoms with van der Waals surface area (Å²) in [5.74, 6) is -0.989. The zero-order valence-electron chi connectivity index (χ0n) is 9.89. The molecule has 1 aliphatic heterocycles. The van der Waals surface area contributed by atoms with Crippen molar-refractivity contribution in [2.45, 2.75) is 19.4 Å². The summed E-state index contributed by atoms with van der Waals surface area (Å²) in [4.78, 5) is 25.3. The average Bonchev–Trinajstić information content (AvgIpc) is 2.20. The molecule has 0 saturated carbocycles. The van der Waals surface area contributed by atoms with E-state index in [-0.39, 0.29) is 12.6 Å². The predicted molar refractivity (Wildman–Crippen MR) is 57.3 cm³/mol. The van der Waals surface area contributed by atoms with Gasteiger partial charge >= 0.3 is 12.0 Å². The van der Waals surface area contributed by atoms with Crippen molar-refractivity contribution in [2.75, 3.05) is 33.3 Å². The highest BCUT2D eigenvalue weighted by Crippen LogP contribution is 2.25. The lowest BCUT2D eigenvalue weighted by Crippen LogP contribution is -2.65. The molecule has 0 aliphatic carbocycles. The maximum Gasteiger partial charge on any atom is 0.329 e. The number of urea groups is 1. The van der Waals surface area contributed by atoms with Gasteiger partial charge in [-0.2, -0.15) is 0 Å². The molecule has 6 nitrogen and oxygen atoms in total. The molecule has 0 unspecified atom stereocenters. The van der Waals surface area contributed by atoms with E-state index in [2.05, 4.69) is 0 Å². The molecular formula is C10H18N2O4. The van der Waals surface area contributed by atoms with Crippen molar-refractivity contribution in [1.82, 2.24) is 9.80 Å². The Balaban J connectivity index is 2.35. The number of amides is 2. The number of carboxylic acid groups (broad SMARTS) is 1. The van der Waals surface area contributed by atoms with Crippen molar-refractivity contribution in [3.8, 4) is 0 Å². The molecule has 1 rings (SSSR count). The Kier molecular flexibility index (Phi) is 3.74. The van der Waals surface area contributed by atoms with Gasteiger partial charge in [0.15, 0.2) is 0 Å². The monoisotopic (exact) mass is 230 g/mol. The SMILES string of the molecule is CCN(C)C(=O)N1CC(C)(OCC(=O)O)C1. The van der Waals surface area contributed by atoms with Gasteiger partial charge in [-0.1, -0.05) is 0 Å². The molecule has 0 bridgehead atoms. The third kappa shape index (κ3) is 2.85. The highest BCUT2D eigenvalue weighted by atomic mass is 16.5. The Morgan fingerprint density at radius 3 is 2.50 bits per heavy atom. The lowest BCUT2D eigenvalue weighted by molar-refractivity contribution is -0.160. The lowest BCUT2D eigenvalue weighted by atomic mass is 9.97. The average molecular weight is 230 g/mol. The minimum absolute atomic E-state index is 0.0427. The first kappa shape index (κ1) is 12.8. The molecule has 0 aromatic carbocycles. The van der Waals surface area contributed by atoms with E-state index in [9.17, 15) is 9.59 Å². The minimum Gasteiger partial charge on any atom is -0.480 e. The fraction of sp³-hybridized carbons (Fsp3) is 0.800. The number of hydrogen-bond donors (Lipinski definition) is 1. The number of likely N-dealkylation sites (tertiary alicyclic amines) is 1. The maximum atomic E-state index is 11.7. The first-order valence-electron chi connectivity index (χ1n) is 5.24. The number of rotatable bonds is 4. The van der Waals surface area contributed by atoms with Crippen molar-refractivity contribution in [2.24, 2.45) is 0 Å². The first-order chi connectivity index (χ1) is 7.38.